The first-order chi connectivity index (χ1) is 14.6. The van der Waals surface area contributed by atoms with Gasteiger partial charge in [0.15, 0.2) is 0 Å². The zero-order valence-corrected chi connectivity index (χ0v) is 16.4. The molecule has 0 aromatic heterocycles. The second-order valence-electron chi connectivity index (χ2n) is 7.55. The molecule has 3 aromatic rings. The Morgan fingerprint density at radius 1 is 1.13 bits per heavy atom. The number of carbonyl (C=O) groups excluding carboxylic acids is 1. The van der Waals surface area contributed by atoms with Crippen LogP contribution < -0.4 is 10.1 Å². The van der Waals surface area contributed by atoms with E-state index >= 15 is 0 Å². The molecule has 0 unspecified atom stereocenters. The maximum Gasteiger partial charge on any atom is 0.306 e. The van der Waals surface area contributed by atoms with Crippen molar-refractivity contribution in [1.29, 1.82) is 0 Å². The van der Waals surface area contributed by atoms with Crippen LogP contribution in [0.15, 0.2) is 71.8 Å². The summed E-state index contributed by atoms with van der Waals surface area (Å²) in [6, 6.07) is 19.0. The minimum Gasteiger partial charge on any atom is -0.453 e. The highest BCUT2D eigenvalue weighted by molar-refractivity contribution is 6.30. The van der Waals surface area contributed by atoms with Crippen LogP contribution in [0.4, 0.5) is 10.1 Å². The molecule has 0 aliphatic carbocycles. The van der Waals surface area contributed by atoms with Gasteiger partial charge >= 0.3 is 5.72 Å². The van der Waals surface area contributed by atoms with Gasteiger partial charge in [0, 0.05) is 17.0 Å². The second-order valence-corrected chi connectivity index (χ2v) is 7.98. The molecule has 0 bridgehead atoms. The molecule has 0 saturated carbocycles. The van der Waals surface area contributed by atoms with E-state index in [2.05, 4.69) is 5.32 Å². The summed E-state index contributed by atoms with van der Waals surface area (Å²) in [5.74, 6) is -0.230. The van der Waals surface area contributed by atoms with E-state index < -0.39 is 11.5 Å². The van der Waals surface area contributed by atoms with Crippen LogP contribution in [0, 0.1) is 5.82 Å². The lowest BCUT2D eigenvalue weighted by atomic mass is 9.92. The highest BCUT2D eigenvalue weighted by Gasteiger charge is 2.61. The molecular weight excluding hydrogens is 405 g/mol. The number of hydrazone groups is 1. The van der Waals surface area contributed by atoms with Crippen molar-refractivity contribution < 1.29 is 13.9 Å². The van der Waals surface area contributed by atoms with Gasteiger partial charge in [0.05, 0.1) is 23.0 Å². The minimum absolute atomic E-state index is 0.222. The molecule has 6 rings (SSSR count). The average molecular weight is 420 g/mol. The number of fused-ring (bicyclic) bond motifs is 6. The first-order valence-electron chi connectivity index (χ1n) is 9.58. The van der Waals surface area contributed by atoms with Gasteiger partial charge in [-0.15, -0.1) is 0 Å². The van der Waals surface area contributed by atoms with Crippen molar-refractivity contribution in [3.8, 4) is 5.75 Å². The summed E-state index contributed by atoms with van der Waals surface area (Å²) in [5.41, 5.74) is 2.05. The first-order valence-corrected chi connectivity index (χ1v) is 9.96. The Bertz CT molecular complexity index is 1240. The lowest BCUT2D eigenvalue weighted by molar-refractivity contribution is -0.161. The van der Waals surface area contributed by atoms with Crippen LogP contribution in [-0.4, -0.2) is 16.6 Å². The fraction of sp³-hybridized carbons (Fsp3) is 0.130. The zero-order valence-electron chi connectivity index (χ0n) is 15.6. The van der Waals surface area contributed by atoms with E-state index in [4.69, 9.17) is 21.4 Å². The predicted octanol–water partition coefficient (Wildman–Crippen LogP) is 4.83. The summed E-state index contributed by atoms with van der Waals surface area (Å²) >= 11 is 6.04. The van der Waals surface area contributed by atoms with E-state index in [9.17, 15) is 9.18 Å². The van der Waals surface area contributed by atoms with Crippen LogP contribution in [0.25, 0.3) is 0 Å². The molecule has 1 N–H and O–H groups in total. The molecule has 148 valence electrons. The number of hydrogen-bond acceptors (Lipinski definition) is 4. The highest BCUT2D eigenvalue weighted by atomic mass is 35.5. The number of ether oxygens (including phenoxy) is 1. The zero-order chi connectivity index (χ0) is 20.5. The third-order valence-corrected chi connectivity index (χ3v) is 6.10. The van der Waals surface area contributed by atoms with Crippen LogP contribution in [0.2, 0.25) is 5.02 Å². The molecule has 5 nitrogen and oxygen atoms in total. The number of nitrogens with one attached hydrogen (secondary N) is 1. The van der Waals surface area contributed by atoms with Crippen molar-refractivity contribution in [2.24, 2.45) is 5.10 Å². The lowest BCUT2D eigenvalue weighted by Crippen LogP contribution is -2.55. The van der Waals surface area contributed by atoms with E-state index in [-0.39, 0.29) is 11.9 Å². The summed E-state index contributed by atoms with van der Waals surface area (Å²) in [6.07, 6.45) is 0.585. The van der Waals surface area contributed by atoms with Gasteiger partial charge in [0.2, 0.25) is 0 Å². The maximum absolute atomic E-state index is 14.2. The smallest absolute Gasteiger partial charge is 0.306 e. The third kappa shape index (κ3) is 2.28. The fourth-order valence-corrected chi connectivity index (χ4v) is 4.60. The third-order valence-electron chi connectivity index (χ3n) is 5.85. The van der Waals surface area contributed by atoms with Crippen molar-refractivity contribution in [3.63, 3.8) is 0 Å². The van der Waals surface area contributed by atoms with E-state index in [0.29, 0.717) is 28.4 Å². The molecule has 30 heavy (non-hydrogen) atoms. The van der Waals surface area contributed by atoms with Gasteiger partial charge in [0.25, 0.3) is 5.91 Å². The Balaban J connectivity index is 1.57. The van der Waals surface area contributed by atoms with Crippen molar-refractivity contribution in [1.82, 2.24) is 5.01 Å². The van der Waals surface area contributed by atoms with Crippen molar-refractivity contribution in [2.75, 3.05) is 5.32 Å². The maximum atomic E-state index is 14.2. The number of anilines is 1. The van der Waals surface area contributed by atoms with Crippen LogP contribution in [0.5, 0.6) is 5.75 Å². The van der Waals surface area contributed by atoms with Gasteiger partial charge in [0.1, 0.15) is 11.6 Å². The molecule has 3 aromatic carbocycles. The number of halogens is 2. The number of carbonyl (C=O) groups is 1. The predicted molar refractivity (Wildman–Crippen MR) is 111 cm³/mol. The lowest BCUT2D eigenvalue weighted by Gasteiger charge is -2.43. The van der Waals surface area contributed by atoms with Crippen molar-refractivity contribution in [2.45, 2.75) is 18.2 Å². The van der Waals surface area contributed by atoms with Gasteiger partial charge in [-0.2, -0.15) is 5.10 Å². The Morgan fingerprint density at radius 3 is 2.77 bits per heavy atom. The monoisotopic (exact) mass is 419 g/mol. The van der Waals surface area contributed by atoms with Gasteiger partial charge in [-0.05, 0) is 42.0 Å². The summed E-state index contributed by atoms with van der Waals surface area (Å²) in [6.45, 7) is 0. The van der Waals surface area contributed by atoms with Crippen LogP contribution in [0.3, 0.4) is 0 Å². The van der Waals surface area contributed by atoms with Crippen molar-refractivity contribution >= 4 is 28.9 Å². The number of rotatable bonds is 1. The van der Waals surface area contributed by atoms with Crippen molar-refractivity contribution in [3.05, 3.63) is 94.3 Å². The normalized spacial score (nSPS) is 23.4. The Morgan fingerprint density at radius 2 is 1.93 bits per heavy atom. The average Bonchev–Trinajstić information content (AvgIpc) is 3.30. The molecule has 3 aliphatic heterocycles. The van der Waals surface area contributed by atoms with E-state index in [1.807, 2.05) is 48.5 Å². The molecule has 0 fully saturated rings. The number of benzene rings is 3. The number of amides is 1. The van der Waals surface area contributed by atoms with E-state index in [0.717, 1.165) is 16.8 Å². The SMILES string of the molecule is O=C1Nc2ccc(F)cc2[C@@]12Oc1ccccc1[C@H]1CC(c3ccc(Cl)cc3)=NN12. The molecule has 0 radical (unpaired) electrons. The Labute approximate surface area is 176 Å². The largest absolute Gasteiger partial charge is 0.453 e. The number of nitrogens with zero attached hydrogens (tertiary/aromatic N) is 2. The summed E-state index contributed by atoms with van der Waals surface area (Å²) in [7, 11) is 0. The molecular formula is C23H15ClFN3O2. The van der Waals surface area contributed by atoms with E-state index in [1.54, 1.807) is 11.1 Å². The minimum atomic E-state index is -1.56. The van der Waals surface area contributed by atoms with Crippen LogP contribution in [-0.2, 0) is 10.5 Å². The van der Waals surface area contributed by atoms with Crippen LogP contribution in [0.1, 0.15) is 29.2 Å². The standard InChI is InChI=1S/C23H15ClFN3O2/c24-14-7-5-13(6-8-14)19-12-20-16-3-1-2-4-21(16)30-23(28(20)27-19)17-11-15(25)9-10-18(17)26-22(23)29/h1-11,20H,12H2,(H,26,29)/t20-,23-/m1/s1. The van der Waals surface area contributed by atoms with Crippen LogP contribution >= 0.6 is 11.6 Å². The van der Waals surface area contributed by atoms with Gasteiger partial charge in [-0.3, -0.25) is 4.79 Å². The van der Waals surface area contributed by atoms with Gasteiger partial charge in [-0.25, -0.2) is 9.40 Å². The molecule has 3 heterocycles. The molecule has 2 atom stereocenters. The molecule has 1 amide bonds. The summed E-state index contributed by atoms with van der Waals surface area (Å²) in [4.78, 5) is 13.3. The molecule has 7 heteroatoms. The fourth-order valence-electron chi connectivity index (χ4n) is 4.48. The Hall–Kier alpha value is -3.38. The summed E-state index contributed by atoms with van der Waals surface area (Å²) in [5, 5.41) is 9.97. The summed E-state index contributed by atoms with van der Waals surface area (Å²) < 4.78 is 20.5. The first kappa shape index (κ1) is 17.5. The van der Waals surface area contributed by atoms with E-state index in [1.165, 1.54) is 12.1 Å². The topological polar surface area (TPSA) is 53.9 Å². The number of para-hydroxylation sites is 1. The molecule has 1 spiro atoms. The van der Waals surface area contributed by atoms with Gasteiger partial charge in [-0.1, -0.05) is 41.9 Å². The highest BCUT2D eigenvalue weighted by Crippen LogP contribution is 2.54. The molecule has 0 saturated heterocycles. The number of hydrogen-bond donors (Lipinski definition) is 1. The molecule has 3 aliphatic rings. The van der Waals surface area contributed by atoms with Gasteiger partial charge < -0.3 is 10.1 Å². The second kappa shape index (κ2) is 6.06. The quantitative estimate of drug-likeness (QED) is 0.614. The Kier molecular flexibility index (Phi) is 3.53.